The number of hydrogen-bond acceptors (Lipinski definition) is 3. The number of aliphatic hydroxyl groups excluding tert-OH is 1. The number of carbonyl (C=O) groups is 2. The van der Waals surface area contributed by atoms with Gasteiger partial charge in [-0.2, -0.15) is 0 Å². The van der Waals surface area contributed by atoms with Crippen LogP contribution in [0.4, 0.5) is 0 Å². The molecule has 0 saturated carbocycles. The molecule has 0 aliphatic carbocycles. The van der Waals surface area contributed by atoms with Crippen molar-refractivity contribution in [2.24, 2.45) is 0 Å². The standard InChI is InChI=1S/C16H19NO4/c1-11-7-12(4-5-15(19)20)9-13(8-11)16(21)17-6-2-3-14(17)10-18/h4-5,7-9,14,18H,2-3,6,10H2,1H3,(H,19,20)/b5-4+. The zero-order chi connectivity index (χ0) is 15.4. The van der Waals surface area contributed by atoms with Gasteiger partial charge in [0.25, 0.3) is 5.91 Å². The molecule has 2 N–H and O–H groups in total. The zero-order valence-electron chi connectivity index (χ0n) is 12.0. The Labute approximate surface area is 123 Å². The fraction of sp³-hybridized carbons (Fsp3) is 0.375. The first-order valence-corrected chi connectivity index (χ1v) is 6.96. The van der Waals surface area contributed by atoms with Gasteiger partial charge in [-0.15, -0.1) is 0 Å². The molecule has 1 aromatic rings. The summed E-state index contributed by atoms with van der Waals surface area (Å²) in [5.74, 6) is -1.13. The molecule has 1 unspecified atom stereocenters. The van der Waals surface area contributed by atoms with E-state index in [-0.39, 0.29) is 18.6 Å². The summed E-state index contributed by atoms with van der Waals surface area (Å²) in [6.07, 6.45) is 4.24. The van der Waals surface area contributed by atoms with Crippen LogP contribution < -0.4 is 0 Å². The molecule has 112 valence electrons. The van der Waals surface area contributed by atoms with Crippen molar-refractivity contribution in [3.63, 3.8) is 0 Å². The maximum atomic E-state index is 12.5. The lowest BCUT2D eigenvalue weighted by Crippen LogP contribution is -2.37. The van der Waals surface area contributed by atoms with Crippen molar-refractivity contribution in [3.8, 4) is 0 Å². The zero-order valence-corrected chi connectivity index (χ0v) is 12.0. The van der Waals surface area contributed by atoms with E-state index in [0.717, 1.165) is 24.5 Å². The Balaban J connectivity index is 2.26. The van der Waals surface area contributed by atoms with Gasteiger partial charge in [0.1, 0.15) is 0 Å². The molecule has 5 nitrogen and oxygen atoms in total. The molecule has 1 fully saturated rings. The van der Waals surface area contributed by atoms with E-state index in [0.29, 0.717) is 17.7 Å². The van der Waals surface area contributed by atoms with Gasteiger partial charge in [0, 0.05) is 18.2 Å². The number of hydrogen-bond donors (Lipinski definition) is 2. The van der Waals surface area contributed by atoms with Crippen molar-refractivity contribution in [3.05, 3.63) is 41.0 Å². The molecule has 1 amide bonds. The van der Waals surface area contributed by atoms with Gasteiger partial charge in [-0.1, -0.05) is 6.07 Å². The first-order valence-electron chi connectivity index (χ1n) is 6.96. The SMILES string of the molecule is Cc1cc(/C=C/C(=O)O)cc(C(=O)N2CCCC2CO)c1. The van der Waals surface area contributed by atoms with Gasteiger partial charge >= 0.3 is 5.97 Å². The van der Waals surface area contributed by atoms with E-state index < -0.39 is 5.97 Å². The Kier molecular flexibility index (Phi) is 4.75. The highest BCUT2D eigenvalue weighted by molar-refractivity contribution is 5.95. The number of carboxylic acid groups (broad SMARTS) is 1. The first-order chi connectivity index (χ1) is 10.0. The predicted molar refractivity (Wildman–Crippen MR) is 79.0 cm³/mol. The number of rotatable bonds is 4. The number of carboxylic acids is 1. The van der Waals surface area contributed by atoms with Crippen LogP contribution in [-0.2, 0) is 4.79 Å². The second-order valence-corrected chi connectivity index (χ2v) is 5.28. The summed E-state index contributed by atoms with van der Waals surface area (Å²) >= 11 is 0. The molecule has 0 spiro atoms. The third-order valence-electron chi connectivity index (χ3n) is 3.61. The number of benzene rings is 1. The average Bonchev–Trinajstić information content (AvgIpc) is 2.92. The smallest absolute Gasteiger partial charge is 0.328 e. The quantitative estimate of drug-likeness (QED) is 0.827. The van der Waals surface area contributed by atoms with Crippen LogP contribution in [0.15, 0.2) is 24.3 Å². The molecule has 0 aromatic heterocycles. The van der Waals surface area contributed by atoms with Gasteiger partial charge in [0.05, 0.1) is 12.6 Å². The summed E-state index contributed by atoms with van der Waals surface area (Å²) < 4.78 is 0. The first kappa shape index (κ1) is 15.3. The monoisotopic (exact) mass is 289 g/mol. The molecule has 1 heterocycles. The van der Waals surface area contributed by atoms with Gasteiger partial charge in [-0.05, 0) is 49.1 Å². The van der Waals surface area contributed by atoms with Crippen molar-refractivity contribution in [1.29, 1.82) is 0 Å². The predicted octanol–water partition coefficient (Wildman–Crippen LogP) is 1.69. The maximum Gasteiger partial charge on any atom is 0.328 e. The van der Waals surface area contributed by atoms with Crippen molar-refractivity contribution in [2.75, 3.05) is 13.2 Å². The highest BCUT2D eigenvalue weighted by Gasteiger charge is 2.28. The van der Waals surface area contributed by atoms with E-state index in [9.17, 15) is 14.7 Å². The third kappa shape index (κ3) is 3.70. The summed E-state index contributed by atoms with van der Waals surface area (Å²) in [6, 6.07) is 5.18. The number of carbonyl (C=O) groups excluding carboxylic acids is 1. The molecule has 1 aromatic carbocycles. The molecule has 1 saturated heterocycles. The minimum Gasteiger partial charge on any atom is -0.478 e. The number of aliphatic hydroxyl groups is 1. The Morgan fingerprint density at radius 1 is 1.38 bits per heavy atom. The van der Waals surface area contributed by atoms with Crippen molar-refractivity contribution in [1.82, 2.24) is 4.90 Å². The van der Waals surface area contributed by atoms with E-state index >= 15 is 0 Å². The van der Waals surface area contributed by atoms with E-state index in [1.807, 2.05) is 13.0 Å². The lowest BCUT2D eigenvalue weighted by atomic mass is 10.0. The average molecular weight is 289 g/mol. The molecular weight excluding hydrogens is 270 g/mol. The molecule has 21 heavy (non-hydrogen) atoms. The Morgan fingerprint density at radius 3 is 2.81 bits per heavy atom. The van der Waals surface area contributed by atoms with Crippen LogP contribution in [0.1, 0.15) is 34.3 Å². The molecular formula is C16H19NO4. The van der Waals surface area contributed by atoms with Gasteiger partial charge in [0.15, 0.2) is 0 Å². The number of aryl methyl sites for hydroxylation is 1. The lowest BCUT2D eigenvalue weighted by Gasteiger charge is -2.23. The molecule has 2 rings (SSSR count). The van der Waals surface area contributed by atoms with Gasteiger partial charge in [-0.25, -0.2) is 4.79 Å². The minimum absolute atomic E-state index is 0.0245. The summed E-state index contributed by atoms with van der Waals surface area (Å²) in [7, 11) is 0. The van der Waals surface area contributed by atoms with Crippen LogP contribution in [0, 0.1) is 6.92 Å². The third-order valence-corrected chi connectivity index (χ3v) is 3.61. The van der Waals surface area contributed by atoms with Crippen molar-refractivity contribution < 1.29 is 19.8 Å². The highest BCUT2D eigenvalue weighted by atomic mass is 16.4. The number of nitrogens with zero attached hydrogens (tertiary/aromatic N) is 1. The second-order valence-electron chi connectivity index (χ2n) is 5.28. The number of likely N-dealkylation sites (tertiary alicyclic amines) is 1. The Bertz CT molecular complexity index is 580. The van der Waals surface area contributed by atoms with E-state index in [1.54, 1.807) is 17.0 Å². The topological polar surface area (TPSA) is 77.8 Å². The van der Waals surface area contributed by atoms with Crippen molar-refractivity contribution >= 4 is 18.0 Å². The normalized spacial score (nSPS) is 18.4. The minimum atomic E-state index is -1.02. The molecule has 0 radical (unpaired) electrons. The molecule has 0 bridgehead atoms. The summed E-state index contributed by atoms with van der Waals surface area (Å²) in [4.78, 5) is 24.8. The fourth-order valence-corrected chi connectivity index (χ4v) is 2.66. The Morgan fingerprint density at radius 2 is 2.14 bits per heavy atom. The fourth-order valence-electron chi connectivity index (χ4n) is 2.66. The number of amides is 1. The maximum absolute atomic E-state index is 12.5. The largest absolute Gasteiger partial charge is 0.478 e. The van der Waals surface area contributed by atoms with Crippen LogP contribution in [0.5, 0.6) is 0 Å². The van der Waals surface area contributed by atoms with Crippen LogP contribution in [-0.4, -0.2) is 46.2 Å². The Hall–Kier alpha value is -2.14. The lowest BCUT2D eigenvalue weighted by molar-refractivity contribution is -0.131. The van der Waals surface area contributed by atoms with Crippen LogP contribution in [0.25, 0.3) is 6.08 Å². The summed E-state index contributed by atoms with van der Waals surface area (Å²) in [6.45, 7) is 2.49. The summed E-state index contributed by atoms with van der Waals surface area (Å²) in [5, 5.41) is 18.0. The number of aliphatic carboxylic acids is 1. The van der Waals surface area contributed by atoms with E-state index in [2.05, 4.69) is 0 Å². The van der Waals surface area contributed by atoms with Crippen LogP contribution >= 0.6 is 0 Å². The molecule has 1 aliphatic heterocycles. The van der Waals surface area contributed by atoms with E-state index in [1.165, 1.54) is 6.08 Å². The van der Waals surface area contributed by atoms with Gasteiger partial charge < -0.3 is 15.1 Å². The molecule has 1 atom stereocenters. The molecule has 5 heteroatoms. The van der Waals surface area contributed by atoms with Crippen LogP contribution in [0.2, 0.25) is 0 Å². The summed E-state index contributed by atoms with van der Waals surface area (Å²) in [5.41, 5.74) is 2.10. The second kappa shape index (κ2) is 6.54. The van der Waals surface area contributed by atoms with Crippen LogP contribution in [0.3, 0.4) is 0 Å². The molecule has 1 aliphatic rings. The van der Waals surface area contributed by atoms with Crippen molar-refractivity contribution in [2.45, 2.75) is 25.8 Å². The highest BCUT2D eigenvalue weighted by Crippen LogP contribution is 2.21. The van der Waals surface area contributed by atoms with Gasteiger partial charge in [-0.3, -0.25) is 4.79 Å². The van der Waals surface area contributed by atoms with E-state index in [4.69, 9.17) is 5.11 Å². The van der Waals surface area contributed by atoms with Gasteiger partial charge in [0.2, 0.25) is 0 Å².